The number of thiophene rings is 1. The van der Waals surface area contributed by atoms with E-state index in [-0.39, 0.29) is 0 Å². The van der Waals surface area contributed by atoms with Gasteiger partial charge in [-0.1, -0.05) is 5.10 Å². The molecule has 3 aromatic rings. The summed E-state index contributed by atoms with van der Waals surface area (Å²) in [5.41, 5.74) is 7.35. The number of nitrogens with zero attached hydrogens (tertiary/aromatic N) is 6. The molecular weight excluding hydrogens is 338 g/mol. The van der Waals surface area contributed by atoms with Crippen LogP contribution in [0, 0.1) is 0 Å². The van der Waals surface area contributed by atoms with Crippen LogP contribution in [0.15, 0.2) is 10.7 Å². The van der Waals surface area contributed by atoms with Crippen LogP contribution in [0.5, 0.6) is 0 Å². The topological polar surface area (TPSA) is 97.2 Å². The van der Waals surface area contributed by atoms with Crippen molar-refractivity contribution in [1.29, 1.82) is 0 Å². The second-order valence-corrected chi connectivity index (χ2v) is 7.66. The van der Waals surface area contributed by atoms with Gasteiger partial charge in [-0.2, -0.15) is 0 Å². The summed E-state index contributed by atoms with van der Waals surface area (Å²) in [7, 11) is 0. The Labute approximate surface area is 148 Å². The summed E-state index contributed by atoms with van der Waals surface area (Å²) in [5, 5.41) is 9.47. The highest BCUT2D eigenvalue weighted by atomic mass is 32.1. The lowest BCUT2D eigenvalue weighted by molar-refractivity contribution is 0.225. The van der Waals surface area contributed by atoms with E-state index in [2.05, 4.69) is 30.0 Å². The van der Waals surface area contributed by atoms with Gasteiger partial charge in [0.1, 0.15) is 17.0 Å². The summed E-state index contributed by atoms with van der Waals surface area (Å²) in [6, 6.07) is 0.662. The maximum absolute atomic E-state index is 6.05. The van der Waals surface area contributed by atoms with Crippen molar-refractivity contribution in [3.63, 3.8) is 0 Å². The zero-order valence-corrected chi connectivity index (χ0v) is 14.6. The summed E-state index contributed by atoms with van der Waals surface area (Å²) in [5.74, 6) is 1.27. The first-order valence-corrected chi connectivity index (χ1v) is 9.40. The van der Waals surface area contributed by atoms with Crippen LogP contribution in [-0.2, 0) is 19.5 Å². The molecule has 0 radical (unpaired) electrons. The van der Waals surface area contributed by atoms with Gasteiger partial charge in [0, 0.05) is 31.1 Å². The molecule has 0 aromatic carbocycles. The molecule has 0 aliphatic carbocycles. The summed E-state index contributed by atoms with van der Waals surface area (Å²) >= 11 is 1.71. The van der Waals surface area contributed by atoms with Crippen LogP contribution in [0.4, 0.5) is 11.8 Å². The van der Waals surface area contributed by atoms with Crippen LogP contribution >= 0.6 is 11.3 Å². The molecule has 0 atom stereocenters. The second-order valence-electron chi connectivity index (χ2n) is 6.58. The maximum Gasteiger partial charge on any atom is 0.318 e. The third-order valence-corrected chi connectivity index (χ3v) is 6.06. The molecule has 0 saturated carbocycles. The summed E-state index contributed by atoms with van der Waals surface area (Å²) < 4.78 is 5.86. The normalized spacial score (nSPS) is 18.2. The number of aromatic nitrogens is 4. The van der Waals surface area contributed by atoms with Crippen LogP contribution in [0.25, 0.3) is 10.2 Å². The predicted molar refractivity (Wildman–Crippen MR) is 95.4 cm³/mol. The highest BCUT2D eigenvalue weighted by Crippen LogP contribution is 2.36. The second kappa shape index (κ2) is 5.92. The number of nitrogen functional groups attached to an aromatic ring is 1. The van der Waals surface area contributed by atoms with Crippen molar-refractivity contribution < 1.29 is 4.42 Å². The molecule has 0 amide bonds. The molecule has 1 saturated heterocycles. The van der Waals surface area contributed by atoms with E-state index in [4.69, 9.17) is 10.2 Å². The first-order valence-electron chi connectivity index (χ1n) is 8.58. The Hall–Kier alpha value is -2.26. The minimum atomic E-state index is 0.586. The molecule has 5 rings (SSSR count). The fraction of sp³-hybridized carbons (Fsp3) is 0.500. The van der Waals surface area contributed by atoms with Gasteiger partial charge in [0.05, 0.1) is 11.9 Å². The van der Waals surface area contributed by atoms with E-state index in [0.29, 0.717) is 24.3 Å². The lowest BCUT2D eigenvalue weighted by atomic mass is 10.1. The Bertz CT molecular complexity index is 914. The number of fused-ring (bicyclic) bond motifs is 3. The van der Waals surface area contributed by atoms with E-state index < -0.39 is 0 Å². The lowest BCUT2D eigenvalue weighted by Gasteiger charge is -2.25. The number of hydrogen-bond acceptors (Lipinski definition) is 9. The van der Waals surface area contributed by atoms with E-state index in [0.717, 1.165) is 42.8 Å². The van der Waals surface area contributed by atoms with Gasteiger partial charge >= 0.3 is 6.01 Å². The summed E-state index contributed by atoms with van der Waals surface area (Å²) in [6.07, 6.45) is 4.88. The molecule has 0 spiro atoms. The molecule has 2 aliphatic heterocycles. The molecule has 5 heterocycles. The molecule has 130 valence electrons. The number of hydrogen-bond donors (Lipinski definition) is 1. The van der Waals surface area contributed by atoms with E-state index in [1.54, 1.807) is 11.3 Å². The van der Waals surface area contributed by atoms with Crippen molar-refractivity contribution in [2.45, 2.75) is 32.4 Å². The zero-order chi connectivity index (χ0) is 16.8. The molecule has 25 heavy (non-hydrogen) atoms. The Morgan fingerprint density at radius 3 is 2.92 bits per heavy atom. The highest BCUT2D eigenvalue weighted by Gasteiger charge is 2.25. The van der Waals surface area contributed by atoms with Crippen molar-refractivity contribution in [3.05, 3.63) is 22.7 Å². The third kappa shape index (κ3) is 2.63. The van der Waals surface area contributed by atoms with Crippen LogP contribution in [0.1, 0.15) is 29.2 Å². The molecule has 0 unspecified atom stereocenters. The third-order valence-electron chi connectivity index (χ3n) is 4.94. The van der Waals surface area contributed by atoms with E-state index in [1.807, 2.05) is 0 Å². The highest BCUT2D eigenvalue weighted by molar-refractivity contribution is 7.18. The van der Waals surface area contributed by atoms with Gasteiger partial charge in [0.25, 0.3) is 0 Å². The molecule has 8 nitrogen and oxygen atoms in total. The van der Waals surface area contributed by atoms with Crippen molar-refractivity contribution in [3.8, 4) is 0 Å². The smallest absolute Gasteiger partial charge is 0.318 e. The zero-order valence-electron chi connectivity index (χ0n) is 13.8. The first kappa shape index (κ1) is 15.0. The molecule has 2 N–H and O–H groups in total. The van der Waals surface area contributed by atoms with Crippen molar-refractivity contribution >= 4 is 33.4 Å². The van der Waals surface area contributed by atoms with Gasteiger partial charge in [-0.25, -0.2) is 9.97 Å². The summed E-state index contributed by atoms with van der Waals surface area (Å²) in [6.45, 7) is 4.50. The largest absolute Gasteiger partial charge is 0.407 e. The molecule has 2 aliphatic rings. The van der Waals surface area contributed by atoms with Crippen LogP contribution in [0.3, 0.4) is 0 Å². The fourth-order valence-corrected chi connectivity index (χ4v) is 4.91. The minimum absolute atomic E-state index is 0.586. The van der Waals surface area contributed by atoms with E-state index in [1.165, 1.54) is 29.6 Å². The van der Waals surface area contributed by atoms with Crippen molar-refractivity contribution in [2.24, 2.45) is 0 Å². The molecular formula is C16H19N7OS. The van der Waals surface area contributed by atoms with Crippen LogP contribution < -0.4 is 10.6 Å². The van der Waals surface area contributed by atoms with Crippen molar-refractivity contribution in [1.82, 2.24) is 25.1 Å². The molecule has 1 fully saturated rings. The number of rotatable bonds is 3. The number of anilines is 2. The van der Waals surface area contributed by atoms with Gasteiger partial charge in [0.15, 0.2) is 0 Å². The average molecular weight is 357 g/mol. The molecule has 9 heteroatoms. The maximum atomic E-state index is 6.05. The van der Waals surface area contributed by atoms with Gasteiger partial charge < -0.3 is 15.1 Å². The first-order chi connectivity index (χ1) is 12.3. The predicted octanol–water partition coefficient (Wildman–Crippen LogP) is 1.81. The number of nitrogens with two attached hydrogens (primary N) is 1. The fourth-order valence-electron chi connectivity index (χ4n) is 3.68. The van der Waals surface area contributed by atoms with Gasteiger partial charge in [0.2, 0.25) is 5.89 Å². The quantitative estimate of drug-likeness (QED) is 0.758. The van der Waals surface area contributed by atoms with Gasteiger partial charge in [-0.3, -0.25) is 4.90 Å². The van der Waals surface area contributed by atoms with Crippen LogP contribution in [-0.4, -0.2) is 44.7 Å². The van der Waals surface area contributed by atoms with Gasteiger partial charge in [-0.05, 0) is 24.8 Å². The van der Waals surface area contributed by atoms with Gasteiger partial charge in [-0.15, -0.1) is 16.4 Å². The molecule has 3 aromatic heterocycles. The Balaban J connectivity index is 1.34. The lowest BCUT2D eigenvalue weighted by Crippen LogP contribution is -2.29. The average Bonchev–Trinajstić information content (AvgIpc) is 3.33. The minimum Gasteiger partial charge on any atom is -0.407 e. The SMILES string of the molecule is Nc1ncnc2sc3c(c12)CCN(Cc1nnc(N2CCCC2)o1)C3. The van der Waals surface area contributed by atoms with E-state index >= 15 is 0 Å². The Kier molecular flexibility index (Phi) is 3.56. The standard InChI is InChI=1S/C16H19N7OS/c17-14-13-10-3-6-22(7-11(10)25-15(13)19-9-18-14)8-12-20-21-16(24-12)23-4-1-2-5-23/h9H,1-8H2,(H2,17,18,19). The van der Waals surface area contributed by atoms with E-state index in [9.17, 15) is 0 Å². The summed E-state index contributed by atoms with van der Waals surface area (Å²) in [4.78, 5) is 15.3. The Morgan fingerprint density at radius 2 is 2.04 bits per heavy atom. The van der Waals surface area contributed by atoms with Crippen LogP contribution in [0.2, 0.25) is 0 Å². The molecule has 0 bridgehead atoms. The van der Waals surface area contributed by atoms with Crippen molar-refractivity contribution in [2.75, 3.05) is 30.3 Å². The Morgan fingerprint density at radius 1 is 1.16 bits per heavy atom. The monoisotopic (exact) mass is 357 g/mol.